The Morgan fingerprint density at radius 1 is 0.643 bits per heavy atom. The predicted molar refractivity (Wildman–Crippen MR) is 76.2 cm³/mol. The van der Waals surface area contributed by atoms with Crippen LogP contribution in [0.2, 0.25) is 0 Å². The van der Waals surface area contributed by atoms with Crippen LogP contribution in [0.1, 0.15) is 59.3 Å². The molecule has 0 aromatic heterocycles. The Morgan fingerprint density at radius 3 is 1.14 bits per heavy atom. The molecule has 0 bridgehead atoms. The average Bonchev–Trinajstić information content (AvgIpc) is 2.17. The van der Waals surface area contributed by atoms with Gasteiger partial charge in [0, 0.05) is 7.92 Å². The number of hydrogen-bond acceptors (Lipinski definition) is 0. The molecule has 0 saturated carbocycles. The molecule has 0 aliphatic carbocycles. The number of rotatable bonds is 9. The monoisotopic (exact) mass is 320 g/mol. The van der Waals surface area contributed by atoms with E-state index in [1.54, 1.807) is 18.5 Å². The molecule has 0 saturated heterocycles. The van der Waals surface area contributed by atoms with Gasteiger partial charge in [0.15, 0.2) is 0 Å². The second-order valence-electron chi connectivity index (χ2n) is 4.06. The molecular formula is C12H30InP+. The molecule has 0 nitrogen and oxygen atoms in total. The Hall–Kier alpha value is 1.30. The summed E-state index contributed by atoms with van der Waals surface area (Å²) in [6.45, 7) is 6.96. The quantitative estimate of drug-likeness (QED) is 0.569. The van der Waals surface area contributed by atoms with Gasteiger partial charge in [-0.25, -0.2) is 0 Å². The molecule has 0 spiro atoms. The SMILES string of the molecule is CCCC[PH+](CCCC)CCCC.[InH2]. The van der Waals surface area contributed by atoms with E-state index in [9.17, 15) is 0 Å². The Bertz CT molecular complexity index is 77.3. The van der Waals surface area contributed by atoms with E-state index < -0.39 is 0 Å². The van der Waals surface area contributed by atoms with E-state index >= 15 is 0 Å². The van der Waals surface area contributed by atoms with E-state index in [0.29, 0.717) is 0 Å². The maximum atomic E-state index is 2.32. The molecule has 0 N–H and O–H groups in total. The summed E-state index contributed by atoms with van der Waals surface area (Å²) < 4.78 is 0. The summed E-state index contributed by atoms with van der Waals surface area (Å²) in [5.41, 5.74) is 0. The molecule has 0 atom stereocenters. The average molecular weight is 320 g/mol. The van der Waals surface area contributed by atoms with Gasteiger partial charge in [0.2, 0.25) is 0 Å². The first-order valence-corrected chi connectivity index (χ1v) is 8.30. The molecule has 0 aliphatic rings. The molecular weight excluding hydrogens is 290 g/mol. The van der Waals surface area contributed by atoms with Crippen LogP contribution in [0.5, 0.6) is 0 Å². The molecule has 85 valence electrons. The Morgan fingerprint density at radius 2 is 0.929 bits per heavy atom. The van der Waals surface area contributed by atoms with Crippen molar-refractivity contribution in [1.82, 2.24) is 0 Å². The van der Waals surface area contributed by atoms with Crippen LogP contribution in [0, 0.1) is 0 Å². The van der Waals surface area contributed by atoms with Crippen LogP contribution >= 0.6 is 7.92 Å². The van der Waals surface area contributed by atoms with Crippen molar-refractivity contribution in [3.8, 4) is 0 Å². The van der Waals surface area contributed by atoms with Crippen LogP contribution in [-0.2, 0) is 0 Å². The first kappa shape index (κ1) is 17.7. The van der Waals surface area contributed by atoms with Crippen LogP contribution in [-0.4, -0.2) is 44.3 Å². The van der Waals surface area contributed by atoms with Crippen molar-refractivity contribution in [2.45, 2.75) is 59.3 Å². The molecule has 0 rings (SSSR count). The summed E-state index contributed by atoms with van der Waals surface area (Å²) in [5, 5.41) is 0. The topological polar surface area (TPSA) is 0 Å². The maximum absolute atomic E-state index is 2.32. The van der Waals surface area contributed by atoms with E-state index in [1.165, 1.54) is 38.5 Å². The van der Waals surface area contributed by atoms with Gasteiger partial charge < -0.3 is 0 Å². The minimum atomic E-state index is 0. The van der Waals surface area contributed by atoms with E-state index in [1.807, 2.05) is 0 Å². The summed E-state index contributed by atoms with van der Waals surface area (Å²) in [6, 6.07) is 0. The zero-order valence-electron chi connectivity index (χ0n) is 10.9. The van der Waals surface area contributed by atoms with Gasteiger partial charge in [0.1, 0.15) is 0 Å². The molecule has 0 heterocycles. The molecule has 0 aromatic rings. The van der Waals surface area contributed by atoms with Crippen LogP contribution in [0.3, 0.4) is 0 Å². The molecule has 14 heavy (non-hydrogen) atoms. The van der Waals surface area contributed by atoms with Crippen molar-refractivity contribution in [2.75, 3.05) is 18.5 Å². The summed E-state index contributed by atoms with van der Waals surface area (Å²) in [7, 11) is 0.0675. The molecule has 0 fully saturated rings. The summed E-state index contributed by atoms with van der Waals surface area (Å²) >= 11 is 0. The Kier molecular flexibility index (Phi) is 18.1. The van der Waals surface area contributed by atoms with Gasteiger partial charge in [-0.3, -0.25) is 0 Å². The standard InChI is InChI=1S/C12H27P.In.2H/c1-4-7-10-13(11-8-5-2)12-9-6-3;;;/h4-12H2,1-3H3;;;/p+1. The van der Waals surface area contributed by atoms with Gasteiger partial charge in [0.25, 0.3) is 0 Å². The molecule has 2 heteroatoms. The third-order valence-electron chi connectivity index (χ3n) is 2.65. The van der Waals surface area contributed by atoms with Crippen molar-refractivity contribution < 1.29 is 0 Å². The van der Waals surface area contributed by atoms with E-state index in [-0.39, 0.29) is 33.8 Å². The third-order valence-corrected chi connectivity index (χ3v) is 5.83. The van der Waals surface area contributed by atoms with E-state index in [4.69, 9.17) is 0 Å². The summed E-state index contributed by atoms with van der Waals surface area (Å²) in [4.78, 5) is 0. The van der Waals surface area contributed by atoms with Gasteiger partial charge in [-0.1, -0.05) is 40.0 Å². The van der Waals surface area contributed by atoms with Crippen LogP contribution in [0.4, 0.5) is 0 Å². The molecule has 0 amide bonds. The summed E-state index contributed by atoms with van der Waals surface area (Å²) in [5.74, 6) is 0. The Labute approximate surface area is 111 Å². The van der Waals surface area contributed by atoms with Crippen molar-refractivity contribution in [3.05, 3.63) is 0 Å². The zero-order chi connectivity index (χ0) is 9.94. The minimum absolute atomic E-state index is 0. The normalized spacial score (nSPS) is 10.3. The third kappa shape index (κ3) is 11.4. The van der Waals surface area contributed by atoms with Gasteiger partial charge in [-0.05, 0) is 19.3 Å². The Balaban J connectivity index is 0. The summed E-state index contributed by atoms with van der Waals surface area (Å²) in [6.07, 6.45) is 13.4. The van der Waals surface area contributed by atoms with Crippen molar-refractivity contribution in [3.63, 3.8) is 0 Å². The molecule has 0 aliphatic heterocycles. The fourth-order valence-electron chi connectivity index (χ4n) is 1.66. The van der Waals surface area contributed by atoms with Crippen LogP contribution < -0.4 is 0 Å². The molecule has 0 aromatic carbocycles. The van der Waals surface area contributed by atoms with Gasteiger partial charge in [0.05, 0.1) is 18.5 Å². The van der Waals surface area contributed by atoms with Gasteiger partial charge in [-0.2, -0.15) is 0 Å². The van der Waals surface area contributed by atoms with Crippen molar-refractivity contribution in [2.24, 2.45) is 0 Å². The van der Waals surface area contributed by atoms with Crippen LogP contribution in [0.15, 0.2) is 0 Å². The van der Waals surface area contributed by atoms with E-state index in [0.717, 1.165) is 0 Å². The second-order valence-corrected chi connectivity index (χ2v) is 7.06. The fourth-order valence-corrected chi connectivity index (χ4v) is 4.97. The van der Waals surface area contributed by atoms with E-state index in [2.05, 4.69) is 20.8 Å². The molecule has 0 unspecified atom stereocenters. The zero-order valence-corrected chi connectivity index (χ0v) is 17.6. The van der Waals surface area contributed by atoms with Gasteiger partial charge >= 0.3 is 25.8 Å². The van der Waals surface area contributed by atoms with Crippen molar-refractivity contribution in [1.29, 1.82) is 0 Å². The molecule has 1 radical (unpaired) electrons. The first-order valence-electron chi connectivity index (χ1n) is 6.18. The van der Waals surface area contributed by atoms with Crippen molar-refractivity contribution >= 4 is 33.8 Å². The second kappa shape index (κ2) is 14.3. The van der Waals surface area contributed by atoms with Crippen LogP contribution in [0.25, 0.3) is 0 Å². The predicted octanol–water partition coefficient (Wildman–Crippen LogP) is 3.68. The number of unbranched alkanes of at least 4 members (excludes halogenated alkanes) is 3. The first-order chi connectivity index (χ1) is 6.35. The van der Waals surface area contributed by atoms with Gasteiger partial charge in [-0.15, -0.1) is 0 Å². The number of hydrogen-bond donors (Lipinski definition) is 0. The fraction of sp³-hybridized carbons (Fsp3) is 1.00.